The molecule has 3 aromatic carbocycles. The molecule has 8 rings (SSSR count). The smallest absolute Gasteiger partial charge is 0.197 e. The van der Waals surface area contributed by atoms with Gasteiger partial charge in [0, 0.05) is 39.5 Å². The molecule has 4 N–H and O–H groups in total. The Labute approximate surface area is 192 Å². The minimum Gasteiger partial charge on any atom is -0.494 e. The number of para-hydroxylation sites is 2. The van der Waals surface area contributed by atoms with Crippen LogP contribution in [0.25, 0.3) is 54.4 Å². The summed E-state index contributed by atoms with van der Waals surface area (Å²) in [5, 5.41) is 36.8. The molecule has 0 amide bonds. The molecule has 7 nitrogen and oxygen atoms in total. The molecule has 1 saturated heterocycles. The predicted octanol–water partition coefficient (Wildman–Crippen LogP) is 4.42. The van der Waals surface area contributed by atoms with Gasteiger partial charge in [-0.1, -0.05) is 36.3 Å². The van der Waals surface area contributed by atoms with E-state index in [2.05, 4.69) is 4.98 Å². The lowest BCUT2D eigenvalue weighted by Crippen LogP contribution is -2.52. The van der Waals surface area contributed by atoms with Gasteiger partial charge in [0.05, 0.1) is 39.5 Å². The van der Waals surface area contributed by atoms with Crippen molar-refractivity contribution in [1.29, 1.82) is 0 Å². The number of aromatic amines is 1. The zero-order chi connectivity index (χ0) is 25.8. The van der Waals surface area contributed by atoms with E-state index in [0.29, 0.717) is 27.2 Å². The first-order valence-corrected chi connectivity index (χ1v) is 10.8. The van der Waals surface area contributed by atoms with Gasteiger partial charge in [-0.15, -0.1) is 0 Å². The lowest BCUT2D eigenvalue weighted by molar-refractivity contribution is -0.189. The van der Waals surface area contributed by atoms with E-state index in [4.69, 9.17) is 10.2 Å². The van der Waals surface area contributed by atoms with E-state index in [1.165, 1.54) is 0 Å². The molecule has 7 heteroatoms. The van der Waals surface area contributed by atoms with Crippen molar-refractivity contribution in [1.82, 2.24) is 14.1 Å². The van der Waals surface area contributed by atoms with Gasteiger partial charge < -0.3 is 34.2 Å². The number of rotatable bonds is 1. The minimum atomic E-state index is -1.75. The van der Waals surface area contributed by atoms with Crippen molar-refractivity contribution in [2.75, 3.05) is 6.61 Å². The minimum absolute atomic E-state index is 0.0464. The highest BCUT2D eigenvalue weighted by Gasteiger charge is 2.60. The zero-order valence-corrected chi connectivity index (χ0v) is 17.5. The third-order valence-corrected chi connectivity index (χ3v) is 7.83. The van der Waals surface area contributed by atoms with Crippen molar-refractivity contribution in [2.45, 2.75) is 30.9 Å². The summed E-state index contributed by atoms with van der Waals surface area (Å²) in [4.78, 5) is 2.90. The SMILES string of the molecule is [2H]c1c([2H])c([2H])c2c(c1[2H])c1c3c[nH]c(O)c3c3c4ccccc4n4c3c1n2[C@@]1(C)O[C@@H]4C[C@]1(O)CO. The first-order valence-electron chi connectivity index (χ1n) is 12.8. The second-order valence-electron chi connectivity index (χ2n) is 9.27. The van der Waals surface area contributed by atoms with Crippen LogP contribution in [0.15, 0.2) is 54.6 Å². The van der Waals surface area contributed by atoms with Gasteiger partial charge in [0.2, 0.25) is 0 Å². The molecule has 0 unspecified atom stereocenters. The molecule has 3 atom stereocenters. The number of nitrogens with zero attached hydrogens (tertiary/aromatic N) is 2. The van der Waals surface area contributed by atoms with Crippen molar-refractivity contribution in [2.24, 2.45) is 0 Å². The van der Waals surface area contributed by atoms with Gasteiger partial charge in [0.1, 0.15) is 11.8 Å². The average molecular weight is 443 g/mol. The topological polar surface area (TPSA) is 95.6 Å². The van der Waals surface area contributed by atoms with Crippen molar-refractivity contribution < 1.29 is 25.5 Å². The number of hydrogen-bond acceptors (Lipinski definition) is 4. The Bertz CT molecular complexity index is 2040. The Balaban J connectivity index is 1.84. The summed E-state index contributed by atoms with van der Waals surface area (Å²) in [7, 11) is 0. The molecule has 2 aliphatic rings. The van der Waals surface area contributed by atoms with E-state index in [1.54, 1.807) is 17.7 Å². The summed E-state index contributed by atoms with van der Waals surface area (Å²) in [6.07, 6.45) is 1.01. The van der Waals surface area contributed by atoms with Crippen LogP contribution >= 0.6 is 0 Å². The summed E-state index contributed by atoms with van der Waals surface area (Å²) in [6.45, 7) is 1.04. The number of aliphatic hydroxyl groups is 2. The number of benzene rings is 3. The van der Waals surface area contributed by atoms with Crippen LogP contribution in [0.1, 0.15) is 25.1 Å². The van der Waals surface area contributed by atoms with Crippen LogP contribution in [-0.2, 0) is 10.5 Å². The maximum atomic E-state index is 11.8. The second-order valence-corrected chi connectivity index (χ2v) is 9.27. The molecule has 164 valence electrons. The fourth-order valence-corrected chi connectivity index (χ4v) is 6.33. The van der Waals surface area contributed by atoms with Crippen LogP contribution in [0.5, 0.6) is 5.88 Å². The standard InChI is InChI=1S/C26H21N3O4/c1-25-26(32,12-30)10-18(33-25)28-16-8-4-2-6-13(16)20-21-15(11-27-24(21)31)19-14-7-3-5-9-17(14)29(25)23(19)22(20)28/h2-9,11,18,27,30-32H,10,12H2,1H3/t18-,25+,26+/m1/s1/i3D,5D,7D,9D. The second kappa shape index (κ2) is 5.34. The lowest BCUT2D eigenvalue weighted by Gasteiger charge is -2.38. The van der Waals surface area contributed by atoms with Crippen molar-refractivity contribution in [3.8, 4) is 5.88 Å². The molecule has 0 saturated carbocycles. The number of ether oxygens (including phenoxy) is 1. The largest absolute Gasteiger partial charge is 0.494 e. The molecule has 6 aromatic rings. The summed E-state index contributed by atoms with van der Waals surface area (Å²) in [5.74, 6) is -0.0464. The molecule has 3 aromatic heterocycles. The number of aliphatic hydroxyl groups excluding tert-OH is 1. The first-order chi connectivity index (χ1) is 17.6. The van der Waals surface area contributed by atoms with E-state index >= 15 is 0 Å². The Morgan fingerprint density at radius 3 is 2.76 bits per heavy atom. The third-order valence-electron chi connectivity index (χ3n) is 7.83. The molecule has 0 radical (unpaired) electrons. The van der Waals surface area contributed by atoms with E-state index in [-0.39, 0.29) is 41.3 Å². The average Bonchev–Trinajstić information content (AvgIpc) is 3.58. The molecule has 0 spiro atoms. The van der Waals surface area contributed by atoms with Crippen molar-refractivity contribution in [3.63, 3.8) is 0 Å². The van der Waals surface area contributed by atoms with Crippen LogP contribution in [0.4, 0.5) is 0 Å². The van der Waals surface area contributed by atoms with Gasteiger partial charge in [-0.25, -0.2) is 0 Å². The highest BCUT2D eigenvalue weighted by molar-refractivity contribution is 6.37. The molecular formula is C26H21N3O4. The Morgan fingerprint density at radius 1 is 1.09 bits per heavy atom. The number of hydrogen-bond donors (Lipinski definition) is 4. The summed E-state index contributed by atoms with van der Waals surface area (Å²) in [5.41, 5.74) is -1.10. The van der Waals surface area contributed by atoms with Gasteiger partial charge >= 0.3 is 0 Å². The normalized spacial score (nSPS) is 28.3. The maximum absolute atomic E-state index is 11.8. The van der Waals surface area contributed by atoms with Gasteiger partial charge in [0.15, 0.2) is 11.6 Å². The van der Waals surface area contributed by atoms with E-state index < -0.39 is 30.2 Å². The molecule has 1 fully saturated rings. The van der Waals surface area contributed by atoms with Crippen LogP contribution < -0.4 is 0 Å². The first kappa shape index (κ1) is 14.6. The van der Waals surface area contributed by atoms with Gasteiger partial charge in [0.25, 0.3) is 0 Å². The van der Waals surface area contributed by atoms with Crippen LogP contribution in [0, 0.1) is 0 Å². The molecule has 2 aliphatic heterocycles. The van der Waals surface area contributed by atoms with Crippen LogP contribution in [-0.4, -0.2) is 41.6 Å². The van der Waals surface area contributed by atoms with E-state index in [0.717, 1.165) is 16.3 Å². The zero-order valence-electron chi connectivity index (χ0n) is 21.5. The Hall–Kier alpha value is -3.52. The highest BCUT2D eigenvalue weighted by Crippen LogP contribution is 2.57. The van der Waals surface area contributed by atoms with Crippen molar-refractivity contribution >= 4 is 54.4 Å². The quantitative estimate of drug-likeness (QED) is 0.303. The maximum Gasteiger partial charge on any atom is 0.197 e. The van der Waals surface area contributed by atoms with Gasteiger partial charge in [-0.05, 0) is 19.0 Å². The fraction of sp³-hybridized carbons (Fsp3) is 0.231. The van der Waals surface area contributed by atoms with Gasteiger partial charge in [-0.3, -0.25) is 0 Å². The van der Waals surface area contributed by atoms with E-state index in [1.807, 2.05) is 28.8 Å². The molecule has 33 heavy (non-hydrogen) atoms. The highest BCUT2D eigenvalue weighted by atomic mass is 16.6. The number of nitrogens with one attached hydrogen (secondary N) is 1. The summed E-state index contributed by atoms with van der Waals surface area (Å²) < 4.78 is 44.8. The molecular weight excluding hydrogens is 418 g/mol. The van der Waals surface area contributed by atoms with Gasteiger partial charge in [-0.2, -0.15) is 0 Å². The van der Waals surface area contributed by atoms with Crippen LogP contribution in [0.2, 0.25) is 0 Å². The summed E-state index contributed by atoms with van der Waals surface area (Å²) >= 11 is 0. The molecule has 0 aliphatic carbocycles. The summed E-state index contributed by atoms with van der Waals surface area (Å²) in [6, 6.07) is 6.39. The predicted molar refractivity (Wildman–Crippen MR) is 126 cm³/mol. The Kier molecular flexibility index (Phi) is 2.36. The lowest BCUT2D eigenvalue weighted by atomic mass is 9.90. The molecule has 2 bridgehead atoms. The number of aromatic nitrogens is 3. The number of H-pyrrole nitrogens is 1. The van der Waals surface area contributed by atoms with Crippen LogP contribution in [0.3, 0.4) is 0 Å². The monoisotopic (exact) mass is 443 g/mol. The third kappa shape index (κ3) is 1.73. The molecule has 5 heterocycles. The Morgan fingerprint density at radius 2 is 1.91 bits per heavy atom. The van der Waals surface area contributed by atoms with Crippen molar-refractivity contribution in [3.05, 3.63) is 54.6 Å². The fourth-order valence-electron chi connectivity index (χ4n) is 6.33. The number of aromatic hydroxyl groups is 1. The number of fused-ring (bicyclic) bond motifs is 13. The van der Waals surface area contributed by atoms with E-state index in [9.17, 15) is 15.3 Å².